The summed E-state index contributed by atoms with van der Waals surface area (Å²) in [6.07, 6.45) is 0. The second-order valence-electron chi connectivity index (χ2n) is 3.56. The van der Waals surface area contributed by atoms with Gasteiger partial charge in [-0.2, -0.15) is 0 Å². The molecule has 0 aromatic heterocycles. The molecule has 0 aliphatic heterocycles. The van der Waals surface area contributed by atoms with Crippen LogP contribution in [0.2, 0.25) is 5.02 Å². The predicted octanol–water partition coefficient (Wildman–Crippen LogP) is 4.35. The summed E-state index contributed by atoms with van der Waals surface area (Å²) in [7, 11) is 0. The minimum atomic E-state index is -0.263. The van der Waals surface area contributed by atoms with Crippen LogP contribution in [0.3, 0.4) is 0 Å². The first-order valence-electron chi connectivity index (χ1n) is 5.08. The van der Waals surface area contributed by atoms with E-state index in [0.29, 0.717) is 16.3 Å². The third-order valence-corrected chi connectivity index (χ3v) is 3.72. The molecule has 0 radical (unpaired) electrons. The van der Waals surface area contributed by atoms with E-state index in [-0.39, 0.29) is 5.82 Å². The number of anilines is 1. The van der Waals surface area contributed by atoms with E-state index in [9.17, 15) is 4.39 Å². The predicted molar refractivity (Wildman–Crippen MR) is 71.8 cm³/mol. The largest absolute Gasteiger partial charge is 0.399 e. The molecule has 0 saturated heterocycles. The summed E-state index contributed by atoms with van der Waals surface area (Å²) in [4.78, 5) is 1.04. The Morgan fingerprint density at radius 3 is 2.47 bits per heavy atom. The fraction of sp³-hybridized carbons (Fsp3) is 0.0769. The zero-order valence-corrected chi connectivity index (χ0v) is 10.6. The number of nitrogens with two attached hydrogens (primary N) is 1. The van der Waals surface area contributed by atoms with E-state index < -0.39 is 0 Å². The van der Waals surface area contributed by atoms with Gasteiger partial charge in [-0.05, 0) is 36.4 Å². The summed E-state index contributed by atoms with van der Waals surface area (Å²) in [5.74, 6) is 0.246. The number of thioether (sulfide) groups is 1. The van der Waals surface area contributed by atoms with Crippen LogP contribution in [0, 0.1) is 5.82 Å². The van der Waals surface area contributed by atoms with Crippen molar-refractivity contribution in [2.45, 2.75) is 10.6 Å². The van der Waals surface area contributed by atoms with Crippen molar-refractivity contribution in [2.75, 3.05) is 5.73 Å². The normalized spacial score (nSPS) is 10.5. The third-order valence-electron chi connectivity index (χ3n) is 2.32. The number of benzene rings is 2. The van der Waals surface area contributed by atoms with Crippen LogP contribution in [0.4, 0.5) is 10.1 Å². The molecule has 2 rings (SSSR count). The lowest BCUT2D eigenvalue weighted by atomic mass is 10.2. The third kappa shape index (κ3) is 3.14. The van der Waals surface area contributed by atoms with Gasteiger partial charge in [-0.25, -0.2) is 4.39 Å². The lowest BCUT2D eigenvalue weighted by Gasteiger charge is -2.05. The molecule has 0 spiro atoms. The molecule has 0 fully saturated rings. The molecular weight excluding hydrogens is 257 g/mol. The molecule has 2 aromatic carbocycles. The molecule has 0 heterocycles. The lowest BCUT2D eigenvalue weighted by molar-refractivity contribution is 0.617. The number of hydrogen-bond donors (Lipinski definition) is 1. The quantitative estimate of drug-likeness (QED) is 0.661. The maximum atomic E-state index is 13.5. The van der Waals surface area contributed by atoms with Crippen LogP contribution < -0.4 is 5.73 Å². The molecule has 0 aliphatic rings. The first-order chi connectivity index (χ1) is 8.16. The van der Waals surface area contributed by atoms with E-state index in [2.05, 4.69) is 0 Å². The van der Waals surface area contributed by atoms with Gasteiger partial charge in [-0.3, -0.25) is 0 Å². The van der Waals surface area contributed by atoms with Crippen LogP contribution in [0.25, 0.3) is 0 Å². The standard InChI is InChI=1S/C13H11ClFNS/c14-12-2-1-3-13(15)11(12)8-17-10-6-4-9(16)5-7-10/h1-7H,8,16H2. The smallest absolute Gasteiger partial charge is 0.128 e. The highest BCUT2D eigenvalue weighted by molar-refractivity contribution is 7.98. The van der Waals surface area contributed by atoms with Crippen molar-refractivity contribution in [1.82, 2.24) is 0 Å². The summed E-state index contributed by atoms with van der Waals surface area (Å²) in [6.45, 7) is 0. The van der Waals surface area contributed by atoms with Crippen molar-refractivity contribution in [3.8, 4) is 0 Å². The Labute approximate surface area is 109 Å². The fourth-order valence-corrected chi connectivity index (χ4v) is 2.63. The van der Waals surface area contributed by atoms with Gasteiger partial charge in [-0.15, -0.1) is 11.8 Å². The van der Waals surface area contributed by atoms with Crippen molar-refractivity contribution >= 4 is 29.1 Å². The lowest BCUT2D eigenvalue weighted by Crippen LogP contribution is -1.89. The van der Waals surface area contributed by atoms with E-state index in [0.717, 1.165) is 10.6 Å². The van der Waals surface area contributed by atoms with Crippen molar-refractivity contribution in [3.05, 3.63) is 58.9 Å². The molecule has 0 aliphatic carbocycles. The van der Waals surface area contributed by atoms with Crippen LogP contribution in [-0.4, -0.2) is 0 Å². The molecule has 0 amide bonds. The topological polar surface area (TPSA) is 26.0 Å². The first kappa shape index (κ1) is 12.3. The summed E-state index contributed by atoms with van der Waals surface area (Å²) in [6, 6.07) is 12.2. The Hall–Kier alpha value is -1.19. The van der Waals surface area contributed by atoms with Crippen LogP contribution in [0.5, 0.6) is 0 Å². The Morgan fingerprint density at radius 2 is 1.82 bits per heavy atom. The van der Waals surface area contributed by atoms with Crippen molar-refractivity contribution in [1.29, 1.82) is 0 Å². The highest BCUT2D eigenvalue weighted by atomic mass is 35.5. The van der Waals surface area contributed by atoms with Gasteiger partial charge in [0.15, 0.2) is 0 Å². The zero-order chi connectivity index (χ0) is 12.3. The van der Waals surface area contributed by atoms with Gasteiger partial charge in [0.2, 0.25) is 0 Å². The maximum absolute atomic E-state index is 13.5. The first-order valence-corrected chi connectivity index (χ1v) is 6.44. The summed E-state index contributed by atoms with van der Waals surface area (Å²) < 4.78 is 13.5. The molecule has 88 valence electrons. The van der Waals surface area contributed by atoms with E-state index in [1.807, 2.05) is 24.3 Å². The average Bonchev–Trinajstić information content (AvgIpc) is 2.31. The Morgan fingerprint density at radius 1 is 1.12 bits per heavy atom. The summed E-state index contributed by atoms with van der Waals surface area (Å²) in [5.41, 5.74) is 6.85. The molecule has 2 N–H and O–H groups in total. The minimum Gasteiger partial charge on any atom is -0.399 e. The van der Waals surface area contributed by atoms with E-state index in [1.165, 1.54) is 17.8 Å². The van der Waals surface area contributed by atoms with Gasteiger partial charge in [0.25, 0.3) is 0 Å². The second-order valence-corrected chi connectivity index (χ2v) is 5.01. The fourth-order valence-electron chi connectivity index (χ4n) is 1.39. The molecular formula is C13H11ClFNS. The molecule has 4 heteroatoms. The SMILES string of the molecule is Nc1ccc(SCc2c(F)cccc2Cl)cc1. The van der Waals surface area contributed by atoms with Crippen LogP contribution in [-0.2, 0) is 5.75 Å². The Bertz CT molecular complexity index is 493. The highest BCUT2D eigenvalue weighted by Gasteiger charge is 2.07. The number of rotatable bonds is 3. The molecule has 1 nitrogen and oxygen atoms in total. The van der Waals surface area contributed by atoms with Gasteiger partial charge in [-0.1, -0.05) is 17.7 Å². The van der Waals surface area contributed by atoms with Crippen LogP contribution >= 0.6 is 23.4 Å². The van der Waals surface area contributed by atoms with Gasteiger partial charge < -0.3 is 5.73 Å². The van der Waals surface area contributed by atoms with Gasteiger partial charge in [0, 0.05) is 26.9 Å². The van der Waals surface area contributed by atoms with Gasteiger partial charge in [0.05, 0.1) is 0 Å². The Kier molecular flexibility index (Phi) is 3.92. The Balaban J connectivity index is 2.10. The van der Waals surface area contributed by atoms with Crippen LogP contribution in [0.1, 0.15) is 5.56 Å². The van der Waals surface area contributed by atoms with E-state index in [4.69, 9.17) is 17.3 Å². The zero-order valence-electron chi connectivity index (χ0n) is 8.99. The summed E-state index contributed by atoms with van der Waals surface area (Å²) in [5, 5.41) is 0.466. The maximum Gasteiger partial charge on any atom is 0.128 e. The number of nitrogen functional groups attached to an aromatic ring is 1. The molecule has 0 unspecified atom stereocenters. The molecule has 2 aromatic rings. The van der Waals surface area contributed by atoms with E-state index in [1.54, 1.807) is 12.1 Å². The molecule has 0 saturated carbocycles. The minimum absolute atomic E-state index is 0.263. The molecule has 0 atom stereocenters. The van der Waals surface area contributed by atoms with Gasteiger partial charge in [0.1, 0.15) is 5.82 Å². The van der Waals surface area contributed by atoms with Crippen LogP contribution in [0.15, 0.2) is 47.4 Å². The second kappa shape index (κ2) is 5.43. The number of hydrogen-bond acceptors (Lipinski definition) is 2. The van der Waals surface area contributed by atoms with Crippen molar-refractivity contribution in [3.63, 3.8) is 0 Å². The van der Waals surface area contributed by atoms with Crippen molar-refractivity contribution in [2.24, 2.45) is 0 Å². The summed E-state index contributed by atoms with van der Waals surface area (Å²) >= 11 is 7.48. The van der Waals surface area contributed by atoms with Gasteiger partial charge >= 0.3 is 0 Å². The molecule has 17 heavy (non-hydrogen) atoms. The monoisotopic (exact) mass is 267 g/mol. The van der Waals surface area contributed by atoms with Crippen molar-refractivity contribution < 1.29 is 4.39 Å². The number of halogens is 2. The molecule has 0 bridgehead atoms. The average molecular weight is 268 g/mol. The van der Waals surface area contributed by atoms with E-state index >= 15 is 0 Å². The highest BCUT2D eigenvalue weighted by Crippen LogP contribution is 2.28.